The van der Waals surface area contributed by atoms with E-state index >= 15 is 0 Å². The summed E-state index contributed by atoms with van der Waals surface area (Å²) in [7, 11) is 0. The maximum Gasteiger partial charge on any atom is 2.00 e. The molecule has 4 nitrogen and oxygen atoms in total. The number of allylic oxidation sites excluding steroid dienone is 6. The van der Waals surface area contributed by atoms with Crippen LogP contribution in [0.1, 0.15) is 13.8 Å². The third-order valence-electron chi connectivity index (χ3n) is 1.07. The molecular formula is C12H14CaO4. The molecule has 0 saturated heterocycles. The van der Waals surface area contributed by atoms with Crippen molar-refractivity contribution < 1.29 is 19.8 Å². The van der Waals surface area contributed by atoms with Crippen LogP contribution in [0.15, 0.2) is 48.6 Å². The van der Waals surface area contributed by atoms with Crippen molar-refractivity contribution in [2.75, 3.05) is 0 Å². The van der Waals surface area contributed by atoms with Crippen molar-refractivity contribution in [1.29, 1.82) is 0 Å². The molecule has 0 atom stereocenters. The van der Waals surface area contributed by atoms with Gasteiger partial charge in [0.05, 0.1) is 11.9 Å². The van der Waals surface area contributed by atoms with Crippen LogP contribution in [0.25, 0.3) is 0 Å². The van der Waals surface area contributed by atoms with Crippen molar-refractivity contribution in [1.82, 2.24) is 0 Å². The predicted octanol–water partition coefficient (Wildman–Crippen LogP) is -0.644. The van der Waals surface area contributed by atoms with E-state index in [4.69, 9.17) is 0 Å². The molecule has 0 aromatic carbocycles. The summed E-state index contributed by atoms with van der Waals surface area (Å²) in [5.41, 5.74) is 0. The fourth-order valence-corrected chi connectivity index (χ4v) is 0.490. The minimum atomic E-state index is -1.16. The standard InChI is InChI=1S/2C6H8O2.Ca/c2*1-2-3-4-5-6(7)8;/h2*2-5H,1H3,(H,7,8);/q;;+2/p-2/b2*3-2+,5-4+;. The molecule has 0 amide bonds. The van der Waals surface area contributed by atoms with Crippen molar-refractivity contribution >= 4 is 49.7 Å². The molecule has 0 spiro atoms. The zero-order valence-electron chi connectivity index (χ0n) is 9.96. The molecule has 0 fully saturated rings. The van der Waals surface area contributed by atoms with Gasteiger partial charge in [-0.1, -0.05) is 36.5 Å². The summed E-state index contributed by atoms with van der Waals surface area (Å²) in [6, 6.07) is 0. The van der Waals surface area contributed by atoms with Gasteiger partial charge >= 0.3 is 37.7 Å². The minimum absolute atomic E-state index is 0. The average molecular weight is 262 g/mol. The van der Waals surface area contributed by atoms with E-state index in [1.807, 2.05) is 0 Å². The molecule has 0 rings (SSSR count). The maximum absolute atomic E-state index is 9.64. The van der Waals surface area contributed by atoms with Crippen LogP contribution in [0, 0.1) is 0 Å². The van der Waals surface area contributed by atoms with E-state index < -0.39 is 11.9 Å². The van der Waals surface area contributed by atoms with E-state index in [0.717, 1.165) is 12.2 Å². The van der Waals surface area contributed by atoms with Gasteiger partial charge in [0.15, 0.2) is 0 Å². The van der Waals surface area contributed by atoms with Crippen LogP contribution >= 0.6 is 0 Å². The quantitative estimate of drug-likeness (QED) is 0.383. The Balaban J connectivity index is -0.000000218. The molecule has 0 heterocycles. The molecule has 0 bridgehead atoms. The van der Waals surface area contributed by atoms with Gasteiger partial charge in [-0.2, -0.15) is 0 Å². The van der Waals surface area contributed by atoms with Crippen molar-refractivity contribution in [3.05, 3.63) is 48.6 Å². The molecule has 0 aromatic rings. The second kappa shape index (κ2) is 17.6. The van der Waals surface area contributed by atoms with Gasteiger partial charge in [0, 0.05) is 0 Å². The van der Waals surface area contributed by atoms with Crippen LogP contribution in [-0.4, -0.2) is 49.7 Å². The van der Waals surface area contributed by atoms with Crippen LogP contribution in [0.4, 0.5) is 0 Å². The smallest absolute Gasteiger partial charge is 0.545 e. The Morgan fingerprint density at radius 3 is 1.24 bits per heavy atom. The summed E-state index contributed by atoms with van der Waals surface area (Å²) < 4.78 is 0. The Labute approximate surface area is 131 Å². The zero-order chi connectivity index (χ0) is 12.8. The topological polar surface area (TPSA) is 80.3 Å². The summed E-state index contributed by atoms with van der Waals surface area (Å²) in [6.07, 6.45) is 11.5. The predicted molar refractivity (Wildman–Crippen MR) is 63.7 cm³/mol. The van der Waals surface area contributed by atoms with E-state index in [0.29, 0.717) is 0 Å². The minimum Gasteiger partial charge on any atom is -0.545 e. The van der Waals surface area contributed by atoms with E-state index in [2.05, 4.69) is 0 Å². The van der Waals surface area contributed by atoms with E-state index in [1.54, 1.807) is 38.2 Å². The molecule has 5 heteroatoms. The molecule has 0 N–H and O–H groups in total. The third-order valence-corrected chi connectivity index (χ3v) is 1.07. The van der Waals surface area contributed by atoms with Gasteiger partial charge < -0.3 is 19.8 Å². The zero-order valence-corrected chi connectivity index (χ0v) is 12.2. The first-order valence-corrected chi connectivity index (χ1v) is 4.55. The Bertz CT molecular complexity index is 282. The number of hydrogen-bond donors (Lipinski definition) is 0. The van der Waals surface area contributed by atoms with Crippen LogP contribution in [-0.2, 0) is 9.59 Å². The summed E-state index contributed by atoms with van der Waals surface area (Å²) in [5, 5.41) is 19.3. The van der Waals surface area contributed by atoms with E-state index in [-0.39, 0.29) is 37.7 Å². The Kier molecular flexibility index (Phi) is 22.1. The van der Waals surface area contributed by atoms with Gasteiger partial charge in [-0.25, -0.2) is 0 Å². The number of rotatable bonds is 4. The van der Waals surface area contributed by atoms with Gasteiger partial charge in [-0.05, 0) is 26.0 Å². The largest absolute Gasteiger partial charge is 2.00 e. The van der Waals surface area contributed by atoms with Gasteiger partial charge in [0.25, 0.3) is 0 Å². The number of aliphatic carboxylic acids is 2. The first-order valence-electron chi connectivity index (χ1n) is 4.55. The second-order valence-electron chi connectivity index (χ2n) is 2.41. The molecule has 0 aliphatic heterocycles. The van der Waals surface area contributed by atoms with Crippen molar-refractivity contribution in [3.8, 4) is 0 Å². The number of carboxylic acid groups (broad SMARTS) is 2. The SMILES string of the molecule is C/C=C/C=C/C(=O)[O-].C/C=C/C=C/C(=O)[O-].[Ca+2]. The summed E-state index contributed by atoms with van der Waals surface area (Å²) in [4.78, 5) is 19.3. The molecule has 0 aliphatic rings. The van der Waals surface area contributed by atoms with E-state index in [1.165, 1.54) is 12.2 Å². The van der Waals surface area contributed by atoms with Gasteiger partial charge in [-0.3, -0.25) is 0 Å². The molecule has 0 saturated carbocycles. The molecule has 0 aromatic heterocycles. The summed E-state index contributed by atoms with van der Waals surface area (Å²) in [5.74, 6) is -2.33. The molecule has 0 unspecified atom stereocenters. The Hall–Kier alpha value is -0.840. The number of hydrogen-bond acceptors (Lipinski definition) is 4. The maximum atomic E-state index is 9.64. The van der Waals surface area contributed by atoms with Crippen molar-refractivity contribution in [3.63, 3.8) is 0 Å². The van der Waals surface area contributed by atoms with Gasteiger partial charge in [0.2, 0.25) is 0 Å². The van der Waals surface area contributed by atoms with Crippen LogP contribution in [0.3, 0.4) is 0 Å². The Morgan fingerprint density at radius 2 is 1.06 bits per heavy atom. The number of carboxylic acids is 2. The monoisotopic (exact) mass is 262 g/mol. The van der Waals surface area contributed by atoms with Crippen LogP contribution < -0.4 is 10.2 Å². The first kappa shape index (κ1) is 21.4. The van der Waals surface area contributed by atoms with Crippen molar-refractivity contribution in [2.45, 2.75) is 13.8 Å². The number of carbonyl (C=O) groups excluding carboxylic acids is 2. The summed E-state index contributed by atoms with van der Waals surface area (Å²) >= 11 is 0. The van der Waals surface area contributed by atoms with Crippen LogP contribution in [0.5, 0.6) is 0 Å². The first-order chi connectivity index (χ1) is 7.54. The van der Waals surface area contributed by atoms with Gasteiger partial charge in [0.1, 0.15) is 0 Å². The number of carbonyl (C=O) groups is 2. The fraction of sp³-hybridized carbons (Fsp3) is 0.167. The van der Waals surface area contributed by atoms with Crippen LogP contribution in [0.2, 0.25) is 0 Å². The molecular weight excluding hydrogens is 248 g/mol. The molecule has 0 aliphatic carbocycles. The molecule has 88 valence electrons. The third kappa shape index (κ3) is 31.3. The average Bonchev–Trinajstić information content (AvgIpc) is 2.18. The van der Waals surface area contributed by atoms with Gasteiger partial charge in [-0.15, -0.1) is 0 Å². The van der Waals surface area contributed by atoms with Crippen molar-refractivity contribution in [2.24, 2.45) is 0 Å². The second-order valence-corrected chi connectivity index (χ2v) is 2.41. The molecule has 0 radical (unpaired) electrons. The summed E-state index contributed by atoms with van der Waals surface area (Å²) in [6.45, 7) is 3.61. The molecule has 17 heavy (non-hydrogen) atoms. The van der Waals surface area contributed by atoms with E-state index in [9.17, 15) is 19.8 Å². The normalized spacial score (nSPS) is 10.5. The Morgan fingerprint density at radius 1 is 0.765 bits per heavy atom. The fourth-order valence-electron chi connectivity index (χ4n) is 0.490.